The molecule has 27 heavy (non-hydrogen) atoms. The smallest absolute Gasteiger partial charge is 0.345 e. The van der Waals surface area contributed by atoms with Crippen LogP contribution in [0, 0.1) is 12.8 Å². The first-order valence-corrected chi connectivity index (χ1v) is 9.44. The summed E-state index contributed by atoms with van der Waals surface area (Å²) in [6.07, 6.45) is 1.03. The monoisotopic (exact) mass is 368 g/mol. The van der Waals surface area contributed by atoms with Crippen LogP contribution in [0.2, 0.25) is 0 Å². The number of hydrogen-bond donors (Lipinski definition) is 2. The molecule has 3 rings (SSSR count). The minimum absolute atomic E-state index is 0.178. The van der Waals surface area contributed by atoms with Crippen molar-refractivity contribution in [3.63, 3.8) is 0 Å². The lowest BCUT2D eigenvalue weighted by molar-refractivity contribution is 0.0942. The molecule has 2 heterocycles. The lowest BCUT2D eigenvalue weighted by Gasteiger charge is -2.20. The average molecular weight is 368 g/mol. The van der Waals surface area contributed by atoms with Gasteiger partial charge in [0, 0.05) is 36.4 Å². The van der Waals surface area contributed by atoms with Crippen molar-refractivity contribution in [2.45, 2.75) is 39.5 Å². The Kier molecular flexibility index (Phi) is 5.35. The molecule has 1 amide bonds. The molecule has 1 aromatic heterocycles. The van der Waals surface area contributed by atoms with Gasteiger partial charge in [-0.3, -0.25) is 4.79 Å². The van der Waals surface area contributed by atoms with E-state index in [0.717, 1.165) is 19.5 Å². The van der Waals surface area contributed by atoms with Gasteiger partial charge < -0.3 is 15.2 Å². The predicted molar refractivity (Wildman–Crippen MR) is 107 cm³/mol. The summed E-state index contributed by atoms with van der Waals surface area (Å²) in [5.41, 5.74) is 2.63. The summed E-state index contributed by atoms with van der Waals surface area (Å²) in [6, 6.07) is 10.2. The summed E-state index contributed by atoms with van der Waals surface area (Å²) < 4.78 is 0. The number of anilines is 1. The third-order valence-corrected chi connectivity index (χ3v) is 4.99. The van der Waals surface area contributed by atoms with Gasteiger partial charge >= 0.3 is 5.69 Å². The second-order valence-electron chi connectivity index (χ2n) is 8.38. The van der Waals surface area contributed by atoms with Crippen LogP contribution in [0.5, 0.6) is 0 Å². The third-order valence-electron chi connectivity index (χ3n) is 4.99. The minimum Gasteiger partial charge on any atom is -0.371 e. The van der Waals surface area contributed by atoms with Gasteiger partial charge in [-0.05, 0) is 43.0 Å². The molecule has 1 fully saturated rings. The number of rotatable bonds is 4. The molecule has 1 aliphatic rings. The van der Waals surface area contributed by atoms with Crippen LogP contribution >= 0.6 is 0 Å². The number of aromatic nitrogens is 2. The van der Waals surface area contributed by atoms with Gasteiger partial charge in [0.1, 0.15) is 5.69 Å². The number of carbonyl (C=O) groups is 1. The normalized spacial score (nSPS) is 17.2. The standard InChI is InChI=1S/C21H28N4O2/c1-14-6-5-7-16(10-14)25-9-8-15(13-25)12-22-19(26)17-11-18(21(2,3)4)24-20(27)23-17/h5-7,10-11,15H,8-9,12-13H2,1-4H3,(H,22,26)(H,23,24,27). The highest BCUT2D eigenvalue weighted by Crippen LogP contribution is 2.24. The lowest BCUT2D eigenvalue weighted by Crippen LogP contribution is -2.33. The van der Waals surface area contributed by atoms with Crippen molar-refractivity contribution in [1.82, 2.24) is 15.3 Å². The van der Waals surface area contributed by atoms with Crippen LogP contribution in [0.4, 0.5) is 5.69 Å². The van der Waals surface area contributed by atoms with Crippen molar-refractivity contribution >= 4 is 11.6 Å². The fraction of sp³-hybridized carbons (Fsp3) is 0.476. The molecule has 1 saturated heterocycles. The van der Waals surface area contributed by atoms with Crippen molar-refractivity contribution in [2.75, 3.05) is 24.5 Å². The quantitative estimate of drug-likeness (QED) is 0.870. The molecule has 0 aliphatic carbocycles. The molecule has 2 aromatic rings. The van der Waals surface area contributed by atoms with Crippen molar-refractivity contribution in [3.05, 3.63) is 57.8 Å². The second-order valence-corrected chi connectivity index (χ2v) is 8.38. The molecule has 0 radical (unpaired) electrons. The van der Waals surface area contributed by atoms with E-state index in [9.17, 15) is 9.59 Å². The Balaban J connectivity index is 1.60. The summed E-state index contributed by atoms with van der Waals surface area (Å²) in [7, 11) is 0. The number of hydrogen-bond acceptors (Lipinski definition) is 4. The Bertz CT molecular complexity index is 882. The Morgan fingerprint density at radius 1 is 1.33 bits per heavy atom. The predicted octanol–water partition coefficient (Wildman–Crippen LogP) is 2.63. The number of benzene rings is 1. The molecule has 144 valence electrons. The van der Waals surface area contributed by atoms with Crippen LogP contribution in [0.25, 0.3) is 0 Å². The highest BCUT2D eigenvalue weighted by Gasteiger charge is 2.24. The Hall–Kier alpha value is -2.63. The van der Waals surface area contributed by atoms with Gasteiger partial charge in [0.15, 0.2) is 0 Å². The van der Waals surface area contributed by atoms with E-state index >= 15 is 0 Å². The van der Waals surface area contributed by atoms with Crippen LogP contribution in [0.15, 0.2) is 35.1 Å². The van der Waals surface area contributed by atoms with Crippen LogP contribution in [-0.2, 0) is 5.41 Å². The van der Waals surface area contributed by atoms with E-state index in [1.807, 2.05) is 20.8 Å². The second kappa shape index (κ2) is 7.55. The number of carbonyl (C=O) groups excluding carboxylic acids is 1. The molecule has 1 unspecified atom stereocenters. The number of aryl methyl sites for hydroxylation is 1. The minimum atomic E-state index is -0.487. The number of nitrogens with zero attached hydrogens (tertiary/aromatic N) is 2. The number of nitrogens with one attached hydrogen (secondary N) is 2. The van der Waals surface area contributed by atoms with Crippen molar-refractivity contribution in [1.29, 1.82) is 0 Å². The molecule has 1 aliphatic heterocycles. The Morgan fingerprint density at radius 2 is 2.11 bits per heavy atom. The Morgan fingerprint density at radius 3 is 2.81 bits per heavy atom. The third kappa shape index (κ3) is 4.76. The molecule has 1 atom stereocenters. The number of aromatic amines is 1. The van der Waals surface area contributed by atoms with E-state index < -0.39 is 5.69 Å². The van der Waals surface area contributed by atoms with Crippen LogP contribution in [-0.4, -0.2) is 35.5 Å². The maximum Gasteiger partial charge on any atom is 0.345 e. The van der Waals surface area contributed by atoms with Crippen molar-refractivity contribution < 1.29 is 4.79 Å². The van der Waals surface area contributed by atoms with Gasteiger partial charge in [0.25, 0.3) is 5.91 Å². The first kappa shape index (κ1) is 19.1. The van der Waals surface area contributed by atoms with Gasteiger partial charge in [-0.2, -0.15) is 4.98 Å². The van der Waals surface area contributed by atoms with Crippen LogP contribution in [0.1, 0.15) is 48.9 Å². The highest BCUT2D eigenvalue weighted by molar-refractivity contribution is 5.92. The molecule has 0 saturated carbocycles. The summed E-state index contributed by atoms with van der Waals surface area (Å²) in [5.74, 6) is 0.0964. The van der Waals surface area contributed by atoms with Gasteiger partial charge in [0.05, 0.1) is 0 Å². The van der Waals surface area contributed by atoms with E-state index in [1.165, 1.54) is 11.3 Å². The maximum absolute atomic E-state index is 12.5. The average Bonchev–Trinajstić information content (AvgIpc) is 3.07. The Labute approximate surface area is 160 Å². The van der Waals surface area contributed by atoms with Crippen molar-refractivity contribution in [3.8, 4) is 0 Å². The zero-order chi connectivity index (χ0) is 19.6. The van der Waals surface area contributed by atoms with Gasteiger partial charge in [-0.25, -0.2) is 4.79 Å². The SMILES string of the molecule is Cc1cccc(N2CCC(CNC(=O)c3cc(C(C)(C)C)[nH]c(=O)n3)C2)c1. The molecular weight excluding hydrogens is 340 g/mol. The van der Waals surface area contributed by atoms with Gasteiger partial charge in [-0.15, -0.1) is 0 Å². The molecule has 0 bridgehead atoms. The lowest BCUT2D eigenvalue weighted by atomic mass is 9.91. The van der Waals surface area contributed by atoms with E-state index in [4.69, 9.17) is 0 Å². The molecule has 0 spiro atoms. The van der Waals surface area contributed by atoms with Gasteiger partial charge in [0.2, 0.25) is 0 Å². The summed E-state index contributed by atoms with van der Waals surface area (Å²) >= 11 is 0. The maximum atomic E-state index is 12.5. The molecular formula is C21H28N4O2. The van der Waals surface area contributed by atoms with E-state index in [1.54, 1.807) is 6.07 Å². The van der Waals surface area contributed by atoms with E-state index in [-0.39, 0.29) is 17.0 Å². The van der Waals surface area contributed by atoms with Crippen molar-refractivity contribution in [2.24, 2.45) is 5.92 Å². The van der Waals surface area contributed by atoms with Gasteiger partial charge in [-0.1, -0.05) is 32.9 Å². The van der Waals surface area contributed by atoms with E-state index in [0.29, 0.717) is 18.2 Å². The summed E-state index contributed by atoms with van der Waals surface area (Å²) in [6.45, 7) is 10.5. The highest BCUT2D eigenvalue weighted by atomic mass is 16.2. The zero-order valence-corrected chi connectivity index (χ0v) is 16.5. The first-order chi connectivity index (χ1) is 12.7. The first-order valence-electron chi connectivity index (χ1n) is 9.44. The van der Waals surface area contributed by atoms with Crippen LogP contribution < -0.4 is 15.9 Å². The molecule has 6 nitrogen and oxygen atoms in total. The summed E-state index contributed by atoms with van der Waals surface area (Å²) in [4.78, 5) is 33.2. The molecule has 1 aromatic carbocycles. The zero-order valence-electron chi connectivity index (χ0n) is 16.5. The number of H-pyrrole nitrogens is 1. The number of amides is 1. The topological polar surface area (TPSA) is 78.1 Å². The summed E-state index contributed by atoms with van der Waals surface area (Å²) in [5, 5.41) is 2.95. The van der Waals surface area contributed by atoms with Crippen LogP contribution in [0.3, 0.4) is 0 Å². The molecule has 2 N–H and O–H groups in total. The fourth-order valence-electron chi connectivity index (χ4n) is 3.36. The molecule has 6 heteroatoms. The van der Waals surface area contributed by atoms with E-state index in [2.05, 4.69) is 51.4 Å². The fourth-order valence-corrected chi connectivity index (χ4v) is 3.36. The largest absolute Gasteiger partial charge is 0.371 e.